The summed E-state index contributed by atoms with van der Waals surface area (Å²) in [5.41, 5.74) is 1.04. The second kappa shape index (κ2) is 4.75. The van der Waals surface area contributed by atoms with Crippen LogP contribution in [0.1, 0.15) is 19.9 Å². The highest BCUT2D eigenvalue weighted by Crippen LogP contribution is 2.27. The Morgan fingerprint density at radius 1 is 1.05 bits per heavy atom. The van der Waals surface area contributed by atoms with Gasteiger partial charge in [0.15, 0.2) is 12.2 Å². The fourth-order valence-electron chi connectivity index (χ4n) is 2.62. The van der Waals surface area contributed by atoms with Gasteiger partial charge in [-0.15, -0.1) is 0 Å². The van der Waals surface area contributed by atoms with Crippen molar-refractivity contribution in [3.8, 4) is 5.75 Å². The first-order chi connectivity index (χ1) is 9.60. The van der Waals surface area contributed by atoms with Crippen molar-refractivity contribution in [2.24, 2.45) is 0 Å². The molecule has 0 aliphatic heterocycles. The van der Waals surface area contributed by atoms with Gasteiger partial charge in [-0.25, -0.2) is 4.39 Å². The predicted molar refractivity (Wildman–Crippen MR) is 78.5 cm³/mol. The molecule has 0 radical (unpaired) electrons. The zero-order valence-electron chi connectivity index (χ0n) is 11.9. The number of fused-ring (bicyclic) bond motifs is 3. The van der Waals surface area contributed by atoms with Gasteiger partial charge in [0.1, 0.15) is 11.6 Å². The first kappa shape index (κ1) is 12.9. The minimum Gasteiger partial charge on any atom is -0.497 e. The molecule has 1 heterocycles. The molecule has 2 aromatic carbocycles. The lowest BCUT2D eigenvalue weighted by molar-refractivity contribution is -0.690. The van der Waals surface area contributed by atoms with Crippen LogP contribution in [0, 0.1) is 5.82 Å². The van der Waals surface area contributed by atoms with Crippen LogP contribution < -0.4 is 9.30 Å². The Morgan fingerprint density at radius 3 is 2.55 bits per heavy atom. The van der Waals surface area contributed by atoms with Crippen molar-refractivity contribution >= 4 is 21.7 Å². The molecule has 0 atom stereocenters. The van der Waals surface area contributed by atoms with Gasteiger partial charge in [0.25, 0.3) is 0 Å². The molecule has 3 heteroatoms. The minimum atomic E-state index is -0.212. The molecule has 1 aromatic heterocycles. The first-order valence-corrected chi connectivity index (χ1v) is 6.71. The molecule has 20 heavy (non-hydrogen) atoms. The van der Waals surface area contributed by atoms with Gasteiger partial charge in [-0.3, -0.25) is 0 Å². The lowest BCUT2D eigenvalue weighted by Crippen LogP contribution is -2.36. The summed E-state index contributed by atoms with van der Waals surface area (Å²) in [4.78, 5) is 0. The summed E-state index contributed by atoms with van der Waals surface area (Å²) in [6.07, 6.45) is 2.10. The molecule has 3 aromatic rings. The number of rotatable bonds is 2. The summed E-state index contributed by atoms with van der Waals surface area (Å²) in [7, 11) is 1.65. The third kappa shape index (κ3) is 1.99. The molecule has 0 saturated carbocycles. The van der Waals surface area contributed by atoms with Crippen LogP contribution in [0.5, 0.6) is 5.75 Å². The Hall–Kier alpha value is -2.16. The summed E-state index contributed by atoms with van der Waals surface area (Å²) in [5, 5.41) is 3.02. The summed E-state index contributed by atoms with van der Waals surface area (Å²) in [5.74, 6) is 0.597. The number of hydrogen-bond donors (Lipinski definition) is 0. The van der Waals surface area contributed by atoms with E-state index in [2.05, 4.69) is 24.6 Å². The molecule has 3 rings (SSSR count). The van der Waals surface area contributed by atoms with Crippen LogP contribution in [-0.4, -0.2) is 7.11 Å². The van der Waals surface area contributed by atoms with Crippen LogP contribution in [0.3, 0.4) is 0 Å². The molecular formula is C17H17FNO+. The van der Waals surface area contributed by atoms with Gasteiger partial charge in [0.05, 0.1) is 17.9 Å². The van der Waals surface area contributed by atoms with Gasteiger partial charge in [-0.05, 0) is 44.2 Å². The molecule has 2 nitrogen and oxygen atoms in total. The van der Waals surface area contributed by atoms with E-state index in [0.717, 1.165) is 27.4 Å². The van der Waals surface area contributed by atoms with Crippen LogP contribution in [-0.2, 0) is 0 Å². The number of ether oxygens (including phenoxy) is 1. The molecule has 0 aliphatic carbocycles. The van der Waals surface area contributed by atoms with Crippen molar-refractivity contribution in [2.45, 2.75) is 19.9 Å². The van der Waals surface area contributed by atoms with Gasteiger partial charge >= 0.3 is 0 Å². The summed E-state index contributed by atoms with van der Waals surface area (Å²) in [6.45, 7) is 4.24. The second-order valence-electron chi connectivity index (χ2n) is 5.24. The van der Waals surface area contributed by atoms with Crippen LogP contribution in [0.25, 0.3) is 21.7 Å². The van der Waals surface area contributed by atoms with Crippen LogP contribution in [0.2, 0.25) is 0 Å². The fraction of sp³-hybridized carbons (Fsp3) is 0.235. The monoisotopic (exact) mass is 270 g/mol. The highest BCUT2D eigenvalue weighted by atomic mass is 19.1. The van der Waals surface area contributed by atoms with Crippen LogP contribution >= 0.6 is 0 Å². The van der Waals surface area contributed by atoms with Crippen LogP contribution in [0.4, 0.5) is 4.39 Å². The Balaban J connectivity index is 2.47. The standard InChI is InChI=1S/C17H17FNO/c1-11(2)19-10-12-8-14(20-3)5-6-15(12)16-9-13(18)4-7-17(16)19/h4-11H,1-3H3/q+1. The number of aromatic nitrogens is 1. The maximum Gasteiger partial charge on any atom is 0.213 e. The minimum absolute atomic E-state index is 0.212. The van der Waals surface area contributed by atoms with E-state index < -0.39 is 0 Å². The van der Waals surface area contributed by atoms with Gasteiger partial charge in [-0.1, -0.05) is 0 Å². The number of pyridine rings is 1. The van der Waals surface area contributed by atoms with E-state index in [1.807, 2.05) is 24.3 Å². The van der Waals surface area contributed by atoms with Crippen molar-refractivity contribution in [3.05, 3.63) is 48.4 Å². The lowest BCUT2D eigenvalue weighted by Gasteiger charge is -2.09. The molecule has 0 bridgehead atoms. The van der Waals surface area contributed by atoms with E-state index in [0.29, 0.717) is 6.04 Å². The lowest BCUT2D eigenvalue weighted by atomic mass is 10.1. The summed E-state index contributed by atoms with van der Waals surface area (Å²) < 4.78 is 21.0. The van der Waals surface area contributed by atoms with Crippen molar-refractivity contribution < 1.29 is 13.7 Å². The number of nitrogens with zero attached hydrogens (tertiary/aromatic N) is 1. The normalized spacial score (nSPS) is 11.4. The molecule has 0 spiro atoms. The van der Waals surface area contributed by atoms with E-state index in [1.165, 1.54) is 6.07 Å². The Labute approximate surface area is 117 Å². The Kier molecular flexibility index (Phi) is 3.05. The number of benzene rings is 2. The van der Waals surface area contributed by atoms with Crippen molar-refractivity contribution in [1.29, 1.82) is 0 Å². The van der Waals surface area contributed by atoms with E-state index in [4.69, 9.17) is 4.74 Å². The molecule has 0 aliphatic rings. The van der Waals surface area contributed by atoms with Crippen molar-refractivity contribution in [3.63, 3.8) is 0 Å². The average molecular weight is 270 g/mol. The van der Waals surface area contributed by atoms with Gasteiger partial charge in [0.2, 0.25) is 5.52 Å². The first-order valence-electron chi connectivity index (χ1n) is 6.71. The third-order valence-electron chi connectivity index (χ3n) is 3.62. The maximum atomic E-state index is 13.6. The fourth-order valence-corrected chi connectivity index (χ4v) is 2.62. The molecule has 0 unspecified atom stereocenters. The van der Waals surface area contributed by atoms with Crippen molar-refractivity contribution in [2.75, 3.05) is 7.11 Å². The van der Waals surface area contributed by atoms with Crippen LogP contribution in [0.15, 0.2) is 42.6 Å². The number of halogens is 1. The van der Waals surface area contributed by atoms with Gasteiger partial charge < -0.3 is 4.74 Å². The Morgan fingerprint density at radius 2 is 1.85 bits per heavy atom. The van der Waals surface area contributed by atoms with Crippen molar-refractivity contribution in [1.82, 2.24) is 0 Å². The molecule has 0 saturated heterocycles. The zero-order valence-corrected chi connectivity index (χ0v) is 11.9. The maximum absolute atomic E-state index is 13.6. The smallest absolute Gasteiger partial charge is 0.213 e. The third-order valence-corrected chi connectivity index (χ3v) is 3.62. The molecular weight excluding hydrogens is 253 g/mol. The molecule has 0 fully saturated rings. The quantitative estimate of drug-likeness (QED) is 0.506. The highest BCUT2D eigenvalue weighted by molar-refractivity contribution is 6.04. The molecule has 0 amide bonds. The molecule has 102 valence electrons. The van der Waals surface area contributed by atoms with E-state index >= 15 is 0 Å². The highest BCUT2D eigenvalue weighted by Gasteiger charge is 2.17. The number of hydrogen-bond acceptors (Lipinski definition) is 1. The summed E-state index contributed by atoms with van der Waals surface area (Å²) in [6, 6.07) is 11.1. The number of methoxy groups -OCH3 is 1. The van der Waals surface area contributed by atoms with E-state index in [-0.39, 0.29) is 5.82 Å². The predicted octanol–water partition coefficient (Wildman–Crippen LogP) is 4.01. The Bertz CT molecular complexity index is 796. The van der Waals surface area contributed by atoms with E-state index in [9.17, 15) is 4.39 Å². The average Bonchev–Trinajstić information content (AvgIpc) is 2.45. The zero-order chi connectivity index (χ0) is 14.3. The molecule has 0 N–H and O–H groups in total. The topological polar surface area (TPSA) is 13.1 Å². The summed E-state index contributed by atoms with van der Waals surface area (Å²) >= 11 is 0. The van der Waals surface area contributed by atoms with Gasteiger partial charge in [-0.2, -0.15) is 4.57 Å². The second-order valence-corrected chi connectivity index (χ2v) is 5.24. The van der Waals surface area contributed by atoms with Gasteiger partial charge in [0, 0.05) is 11.5 Å². The van der Waals surface area contributed by atoms with E-state index in [1.54, 1.807) is 13.2 Å². The SMILES string of the molecule is COc1ccc2c(c1)c[n+](C(C)C)c1ccc(F)cc21. The largest absolute Gasteiger partial charge is 0.497 e.